The Morgan fingerprint density at radius 2 is 1.31 bits per heavy atom. The lowest BCUT2D eigenvalue weighted by atomic mass is 10.1. The van der Waals surface area contributed by atoms with Crippen LogP contribution in [0, 0.1) is 0 Å². The zero-order chi connectivity index (χ0) is 18.4. The molecule has 0 aromatic heterocycles. The fraction of sp³-hybridized carbons (Fsp3) is 0.0476. The highest BCUT2D eigenvalue weighted by Crippen LogP contribution is 2.26. The number of ether oxygens (including phenoxy) is 1. The molecular weight excluding hydrogens is 328 g/mol. The maximum absolute atomic E-state index is 12.6. The van der Waals surface area contributed by atoms with Crippen molar-refractivity contribution in [2.75, 3.05) is 10.6 Å². The van der Waals surface area contributed by atoms with Gasteiger partial charge in [-0.05, 0) is 48.5 Å². The molecule has 0 aliphatic heterocycles. The summed E-state index contributed by atoms with van der Waals surface area (Å²) in [5, 5.41) is 5.52. The molecule has 0 atom stereocenters. The highest BCUT2D eigenvalue weighted by molar-refractivity contribution is 6.06. The fourth-order valence-electron chi connectivity index (χ4n) is 2.40. The molecule has 0 bridgehead atoms. The number of anilines is 2. The van der Waals surface area contributed by atoms with E-state index in [4.69, 9.17) is 4.74 Å². The van der Waals surface area contributed by atoms with Crippen molar-refractivity contribution in [3.63, 3.8) is 0 Å². The molecule has 3 aromatic carbocycles. The minimum atomic E-state index is -0.274. The van der Waals surface area contributed by atoms with Crippen LogP contribution in [0.25, 0.3) is 0 Å². The van der Waals surface area contributed by atoms with E-state index in [1.54, 1.807) is 42.5 Å². The van der Waals surface area contributed by atoms with Crippen LogP contribution in [0.2, 0.25) is 0 Å². The van der Waals surface area contributed by atoms with Crippen LogP contribution in [0.4, 0.5) is 11.4 Å². The van der Waals surface area contributed by atoms with Gasteiger partial charge in [0.25, 0.3) is 5.91 Å². The van der Waals surface area contributed by atoms with Crippen LogP contribution in [-0.2, 0) is 4.79 Å². The van der Waals surface area contributed by atoms with Crippen LogP contribution in [0.5, 0.6) is 11.5 Å². The molecule has 0 aliphatic rings. The first-order valence-corrected chi connectivity index (χ1v) is 8.13. The highest BCUT2D eigenvalue weighted by Gasteiger charge is 2.13. The maximum Gasteiger partial charge on any atom is 0.259 e. The predicted molar refractivity (Wildman–Crippen MR) is 102 cm³/mol. The number of para-hydroxylation sites is 2. The Morgan fingerprint density at radius 1 is 0.731 bits per heavy atom. The Kier molecular flexibility index (Phi) is 5.29. The van der Waals surface area contributed by atoms with Gasteiger partial charge in [-0.15, -0.1) is 0 Å². The lowest BCUT2D eigenvalue weighted by molar-refractivity contribution is -0.114. The van der Waals surface area contributed by atoms with Crippen LogP contribution in [0.15, 0.2) is 78.9 Å². The van der Waals surface area contributed by atoms with Crippen LogP contribution in [0.1, 0.15) is 17.3 Å². The normalized spacial score (nSPS) is 10.0. The molecule has 130 valence electrons. The van der Waals surface area contributed by atoms with Crippen molar-refractivity contribution < 1.29 is 14.3 Å². The van der Waals surface area contributed by atoms with Gasteiger partial charge in [0.15, 0.2) is 0 Å². The third-order valence-electron chi connectivity index (χ3n) is 3.57. The molecule has 0 spiro atoms. The number of hydrogen-bond acceptors (Lipinski definition) is 3. The van der Waals surface area contributed by atoms with Crippen molar-refractivity contribution in [1.82, 2.24) is 0 Å². The number of rotatable bonds is 5. The van der Waals surface area contributed by atoms with Crippen LogP contribution in [-0.4, -0.2) is 11.8 Å². The van der Waals surface area contributed by atoms with Gasteiger partial charge in [0.1, 0.15) is 11.5 Å². The standard InChI is InChI=1S/C21H18N2O3/c1-15(24)22-16-11-13-17(14-12-16)23-21(25)19-9-5-6-10-20(19)26-18-7-3-2-4-8-18/h2-14H,1H3,(H,22,24)(H,23,25). The van der Waals surface area contributed by atoms with E-state index in [9.17, 15) is 9.59 Å². The first kappa shape index (κ1) is 17.2. The van der Waals surface area contributed by atoms with E-state index in [0.717, 1.165) is 0 Å². The number of benzene rings is 3. The first-order valence-electron chi connectivity index (χ1n) is 8.13. The van der Waals surface area contributed by atoms with E-state index in [0.29, 0.717) is 28.4 Å². The zero-order valence-electron chi connectivity index (χ0n) is 14.2. The Labute approximate surface area is 151 Å². The fourth-order valence-corrected chi connectivity index (χ4v) is 2.40. The van der Waals surface area contributed by atoms with Crippen LogP contribution in [0.3, 0.4) is 0 Å². The molecule has 0 saturated carbocycles. The number of nitrogens with one attached hydrogen (secondary N) is 2. The molecule has 5 heteroatoms. The molecule has 0 saturated heterocycles. The molecule has 2 N–H and O–H groups in total. The van der Waals surface area contributed by atoms with Crippen molar-refractivity contribution in [3.05, 3.63) is 84.4 Å². The van der Waals surface area contributed by atoms with Crippen molar-refractivity contribution in [1.29, 1.82) is 0 Å². The summed E-state index contributed by atoms with van der Waals surface area (Å²) in [4.78, 5) is 23.7. The largest absolute Gasteiger partial charge is 0.457 e. The van der Waals surface area contributed by atoms with Gasteiger partial charge in [-0.1, -0.05) is 30.3 Å². The summed E-state index contributed by atoms with van der Waals surface area (Å²) in [6.07, 6.45) is 0. The van der Waals surface area contributed by atoms with E-state index < -0.39 is 0 Å². The highest BCUT2D eigenvalue weighted by atomic mass is 16.5. The second-order valence-electron chi connectivity index (χ2n) is 5.62. The van der Waals surface area contributed by atoms with E-state index in [2.05, 4.69) is 10.6 Å². The van der Waals surface area contributed by atoms with Gasteiger partial charge in [-0.25, -0.2) is 0 Å². The maximum atomic E-state index is 12.6. The van der Waals surface area contributed by atoms with Gasteiger partial charge in [0, 0.05) is 18.3 Å². The smallest absolute Gasteiger partial charge is 0.259 e. The quantitative estimate of drug-likeness (QED) is 0.704. The molecule has 3 aromatic rings. The van der Waals surface area contributed by atoms with Crippen molar-refractivity contribution in [2.24, 2.45) is 0 Å². The Bertz CT molecular complexity index is 906. The Hall–Kier alpha value is -3.60. The summed E-state index contributed by atoms with van der Waals surface area (Å²) in [7, 11) is 0. The third-order valence-corrected chi connectivity index (χ3v) is 3.57. The molecule has 0 heterocycles. The molecule has 2 amide bonds. The topological polar surface area (TPSA) is 67.4 Å². The van der Waals surface area contributed by atoms with Gasteiger partial charge >= 0.3 is 0 Å². The van der Waals surface area contributed by atoms with E-state index in [1.807, 2.05) is 36.4 Å². The molecule has 0 fully saturated rings. The molecule has 0 aliphatic carbocycles. The van der Waals surface area contributed by atoms with Gasteiger partial charge in [0.2, 0.25) is 5.91 Å². The minimum absolute atomic E-state index is 0.145. The van der Waals surface area contributed by atoms with E-state index in [-0.39, 0.29) is 11.8 Å². The van der Waals surface area contributed by atoms with E-state index >= 15 is 0 Å². The third kappa shape index (κ3) is 4.48. The second-order valence-corrected chi connectivity index (χ2v) is 5.62. The first-order chi connectivity index (χ1) is 12.6. The van der Waals surface area contributed by atoms with Gasteiger partial charge in [0.05, 0.1) is 5.56 Å². The van der Waals surface area contributed by atoms with Crippen molar-refractivity contribution >= 4 is 23.2 Å². The predicted octanol–water partition coefficient (Wildman–Crippen LogP) is 4.69. The summed E-state index contributed by atoms with van der Waals surface area (Å²) < 4.78 is 5.82. The lowest BCUT2D eigenvalue weighted by Gasteiger charge is -2.12. The summed E-state index contributed by atoms with van der Waals surface area (Å²) >= 11 is 0. The number of amides is 2. The van der Waals surface area contributed by atoms with Crippen LogP contribution < -0.4 is 15.4 Å². The van der Waals surface area contributed by atoms with Gasteiger partial charge < -0.3 is 15.4 Å². The second kappa shape index (κ2) is 7.98. The average Bonchev–Trinajstić information content (AvgIpc) is 2.64. The molecular formula is C21H18N2O3. The SMILES string of the molecule is CC(=O)Nc1ccc(NC(=O)c2ccccc2Oc2ccccc2)cc1. The summed E-state index contributed by atoms with van der Waals surface area (Å²) in [6.45, 7) is 1.44. The zero-order valence-corrected chi connectivity index (χ0v) is 14.2. The van der Waals surface area contributed by atoms with Crippen molar-refractivity contribution in [2.45, 2.75) is 6.92 Å². The number of hydrogen-bond donors (Lipinski definition) is 2. The molecule has 5 nitrogen and oxygen atoms in total. The molecule has 0 radical (unpaired) electrons. The average molecular weight is 346 g/mol. The number of carbonyl (C=O) groups is 2. The Morgan fingerprint density at radius 3 is 1.96 bits per heavy atom. The summed E-state index contributed by atoms with van der Waals surface area (Å²) in [5.41, 5.74) is 1.73. The molecule has 3 rings (SSSR count). The van der Waals surface area contributed by atoms with Gasteiger partial charge in [-0.2, -0.15) is 0 Å². The molecule has 0 unspecified atom stereocenters. The summed E-state index contributed by atoms with van der Waals surface area (Å²) in [6, 6.07) is 23.3. The van der Waals surface area contributed by atoms with Crippen LogP contribution >= 0.6 is 0 Å². The number of carbonyl (C=O) groups excluding carboxylic acids is 2. The Balaban J connectivity index is 1.75. The minimum Gasteiger partial charge on any atom is -0.457 e. The lowest BCUT2D eigenvalue weighted by Crippen LogP contribution is -2.13. The monoisotopic (exact) mass is 346 g/mol. The summed E-state index contributed by atoms with van der Waals surface area (Å²) in [5.74, 6) is 0.719. The van der Waals surface area contributed by atoms with Crippen molar-refractivity contribution in [3.8, 4) is 11.5 Å². The molecule has 26 heavy (non-hydrogen) atoms. The van der Waals surface area contributed by atoms with E-state index in [1.165, 1.54) is 6.92 Å². The van der Waals surface area contributed by atoms with Gasteiger partial charge in [-0.3, -0.25) is 9.59 Å².